The lowest BCUT2D eigenvalue weighted by atomic mass is 10.1. The minimum absolute atomic E-state index is 0.0455. The van der Waals surface area contributed by atoms with Crippen LogP contribution in [0.5, 0.6) is 0 Å². The summed E-state index contributed by atoms with van der Waals surface area (Å²) in [6, 6.07) is 0.843. The monoisotopic (exact) mass is 263 g/mol. The molecule has 100 valence electrons. The second-order valence-corrected chi connectivity index (χ2v) is 3.52. The Labute approximate surface area is 101 Å². The van der Waals surface area contributed by atoms with Gasteiger partial charge < -0.3 is 9.84 Å². The van der Waals surface area contributed by atoms with Crippen molar-refractivity contribution in [1.29, 1.82) is 0 Å². The largest absolute Gasteiger partial charge is 0.418 e. The van der Waals surface area contributed by atoms with Gasteiger partial charge in [-0.25, -0.2) is 0 Å². The van der Waals surface area contributed by atoms with Gasteiger partial charge in [-0.15, -0.1) is 0 Å². The van der Waals surface area contributed by atoms with E-state index in [2.05, 4.69) is 4.98 Å². The van der Waals surface area contributed by atoms with Gasteiger partial charge in [-0.2, -0.15) is 13.2 Å². The van der Waals surface area contributed by atoms with Crippen LogP contribution in [-0.2, 0) is 17.5 Å². The van der Waals surface area contributed by atoms with Crippen molar-refractivity contribution in [3.63, 3.8) is 0 Å². The molecule has 1 aromatic rings. The average Bonchev–Trinajstić information content (AvgIpc) is 2.33. The molecule has 0 aliphatic rings. The summed E-state index contributed by atoms with van der Waals surface area (Å²) in [4.78, 5) is 13.9. The molecule has 1 N–H and O–H groups in total. The van der Waals surface area contributed by atoms with Crippen LogP contribution >= 0.6 is 0 Å². The van der Waals surface area contributed by atoms with Gasteiger partial charge >= 0.3 is 6.18 Å². The normalized spacial score (nSPS) is 11.6. The highest BCUT2D eigenvalue weighted by Crippen LogP contribution is 2.31. The van der Waals surface area contributed by atoms with Gasteiger partial charge in [0.15, 0.2) is 6.29 Å². The first-order chi connectivity index (χ1) is 8.49. The van der Waals surface area contributed by atoms with Gasteiger partial charge in [-0.1, -0.05) is 0 Å². The number of ether oxygens (including phenoxy) is 1. The molecular formula is C11H12F3NO3. The molecule has 0 unspecified atom stereocenters. The van der Waals surface area contributed by atoms with E-state index in [0.717, 1.165) is 12.3 Å². The Bertz CT molecular complexity index is 407. The first-order valence-corrected chi connectivity index (χ1v) is 5.19. The van der Waals surface area contributed by atoms with Gasteiger partial charge in [0.05, 0.1) is 12.2 Å². The molecule has 0 amide bonds. The summed E-state index contributed by atoms with van der Waals surface area (Å²) in [5.41, 5.74) is -1.48. The first-order valence-electron chi connectivity index (χ1n) is 5.19. The third-order valence-corrected chi connectivity index (χ3v) is 2.11. The maximum atomic E-state index is 12.6. The highest BCUT2D eigenvalue weighted by Gasteiger charge is 2.34. The summed E-state index contributed by atoms with van der Waals surface area (Å²) in [6.07, 6.45) is -2.98. The van der Waals surface area contributed by atoms with Crippen molar-refractivity contribution in [3.8, 4) is 0 Å². The summed E-state index contributed by atoms with van der Waals surface area (Å²) in [7, 11) is 0. The Kier molecular flexibility index (Phi) is 5.24. The van der Waals surface area contributed by atoms with Crippen LogP contribution in [0.15, 0.2) is 12.3 Å². The van der Waals surface area contributed by atoms with Crippen molar-refractivity contribution >= 4 is 6.29 Å². The maximum Gasteiger partial charge on any atom is 0.418 e. The number of aliphatic hydroxyl groups excluding tert-OH is 1. The van der Waals surface area contributed by atoms with Crippen LogP contribution in [-0.4, -0.2) is 29.6 Å². The smallest absolute Gasteiger partial charge is 0.396 e. The summed E-state index contributed by atoms with van der Waals surface area (Å²) < 4.78 is 42.8. The fourth-order valence-electron chi connectivity index (χ4n) is 1.28. The second-order valence-electron chi connectivity index (χ2n) is 3.52. The zero-order valence-corrected chi connectivity index (χ0v) is 9.41. The molecule has 0 radical (unpaired) electrons. The van der Waals surface area contributed by atoms with Gasteiger partial charge in [0.1, 0.15) is 5.69 Å². The number of carbonyl (C=O) groups is 1. The van der Waals surface area contributed by atoms with Gasteiger partial charge in [-0.3, -0.25) is 9.78 Å². The number of hydrogen-bond acceptors (Lipinski definition) is 4. The van der Waals surface area contributed by atoms with E-state index in [9.17, 15) is 18.0 Å². The van der Waals surface area contributed by atoms with Crippen LogP contribution in [0.25, 0.3) is 0 Å². The molecule has 1 aromatic heterocycles. The molecule has 1 heterocycles. The van der Waals surface area contributed by atoms with Crippen LogP contribution < -0.4 is 0 Å². The van der Waals surface area contributed by atoms with Crippen LogP contribution in [0.4, 0.5) is 13.2 Å². The lowest BCUT2D eigenvalue weighted by Gasteiger charge is -2.10. The Morgan fingerprint density at radius 1 is 1.44 bits per heavy atom. The number of alkyl halides is 3. The number of pyridine rings is 1. The lowest BCUT2D eigenvalue weighted by molar-refractivity contribution is -0.138. The third kappa shape index (κ3) is 4.08. The topological polar surface area (TPSA) is 59.4 Å². The predicted octanol–water partition coefficient (Wildman–Crippen LogP) is 1.81. The number of aldehydes is 1. The zero-order valence-electron chi connectivity index (χ0n) is 9.41. The van der Waals surface area contributed by atoms with Crippen molar-refractivity contribution in [2.24, 2.45) is 0 Å². The minimum Gasteiger partial charge on any atom is -0.396 e. The molecule has 0 saturated carbocycles. The van der Waals surface area contributed by atoms with Crippen molar-refractivity contribution in [2.75, 3.05) is 13.2 Å². The zero-order chi connectivity index (χ0) is 13.6. The van der Waals surface area contributed by atoms with E-state index >= 15 is 0 Å². The number of carbonyl (C=O) groups excluding carboxylic acids is 1. The van der Waals surface area contributed by atoms with Crippen molar-refractivity contribution < 1.29 is 27.8 Å². The van der Waals surface area contributed by atoms with Crippen LogP contribution in [0.1, 0.15) is 28.0 Å². The number of halogens is 3. The molecule has 0 spiro atoms. The molecule has 0 bridgehead atoms. The minimum atomic E-state index is -4.62. The third-order valence-electron chi connectivity index (χ3n) is 2.11. The number of aromatic nitrogens is 1. The summed E-state index contributed by atoms with van der Waals surface area (Å²) in [6.45, 7) is 0.151. The quantitative estimate of drug-likeness (QED) is 0.628. The second kappa shape index (κ2) is 6.46. The van der Waals surface area contributed by atoms with Crippen molar-refractivity contribution in [1.82, 2.24) is 4.98 Å². The maximum absolute atomic E-state index is 12.6. The van der Waals surface area contributed by atoms with Crippen LogP contribution in [0.2, 0.25) is 0 Å². The molecule has 18 heavy (non-hydrogen) atoms. The molecule has 0 saturated heterocycles. The van der Waals surface area contributed by atoms with Crippen LogP contribution in [0, 0.1) is 0 Å². The molecule has 0 aliphatic carbocycles. The van der Waals surface area contributed by atoms with E-state index < -0.39 is 17.4 Å². The Balaban J connectivity index is 2.80. The van der Waals surface area contributed by atoms with E-state index in [0.29, 0.717) is 6.42 Å². The van der Waals surface area contributed by atoms with Gasteiger partial charge in [-0.05, 0) is 18.1 Å². The first kappa shape index (κ1) is 14.6. The number of hydrogen-bond donors (Lipinski definition) is 1. The predicted molar refractivity (Wildman–Crippen MR) is 56.0 cm³/mol. The van der Waals surface area contributed by atoms with Gasteiger partial charge in [0, 0.05) is 19.4 Å². The average molecular weight is 263 g/mol. The Morgan fingerprint density at radius 2 is 2.17 bits per heavy atom. The van der Waals surface area contributed by atoms with E-state index in [4.69, 9.17) is 9.84 Å². The van der Waals surface area contributed by atoms with E-state index in [1.165, 1.54) is 0 Å². The van der Waals surface area contributed by atoms with E-state index in [-0.39, 0.29) is 31.7 Å². The molecule has 1 rings (SSSR count). The van der Waals surface area contributed by atoms with Gasteiger partial charge in [0.2, 0.25) is 0 Å². The fourth-order valence-corrected chi connectivity index (χ4v) is 1.28. The lowest BCUT2D eigenvalue weighted by Crippen LogP contribution is -2.11. The van der Waals surface area contributed by atoms with Crippen molar-refractivity contribution in [2.45, 2.75) is 19.2 Å². The van der Waals surface area contributed by atoms with E-state index in [1.54, 1.807) is 0 Å². The van der Waals surface area contributed by atoms with Gasteiger partial charge in [0.25, 0.3) is 0 Å². The molecular weight excluding hydrogens is 251 g/mol. The SMILES string of the molecule is O=Cc1ncc(COCCCO)cc1C(F)(F)F. The summed E-state index contributed by atoms with van der Waals surface area (Å²) >= 11 is 0. The highest BCUT2D eigenvalue weighted by molar-refractivity contribution is 5.74. The molecule has 0 atom stereocenters. The number of nitrogens with zero attached hydrogens (tertiary/aromatic N) is 1. The van der Waals surface area contributed by atoms with Crippen LogP contribution in [0.3, 0.4) is 0 Å². The molecule has 0 aromatic carbocycles. The molecule has 0 aliphatic heterocycles. The van der Waals surface area contributed by atoms with Crippen molar-refractivity contribution in [3.05, 3.63) is 29.1 Å². The molecule has 7 heteroatoms. The number of aliphatic hydroxyl groups is 1. The Morgan fingerprint density at radius 3 is 2.72 bits per heavy atom. The molecule has 0 fully saturated rings. The standard InChI is InChI=1S/C11H12F3NO3/c12-11(13,14)9-4-8(5-15-10(9)6-17)7-18-3-1-2-16/h4-6,16H,1-3,7H2. The number of rotatable bonds is 6. The van der Waals surface area contributed by atoms with E-state index in [1.807, 2.05) is 0 Å². The molecule has 4 nitrogen and oxygen atoms in total. The summed E-state index contributed by atoms with van der Waals surface area (Å²) in [5.74, 6) is 0. The summed E-state index contributed by atoms with van der Waals surface area (Å²) in [5, 5.41) is 8.50. The Hall–Kier alpha value is -1.47. The fraction of sp³-hybridized carbons (Fsp3) is 0.455. The highest BCUT2D eigenvalue weighted by atomic mass is 19.4.